The predicted molar refractivity (Wildman–Crippen MR) is 112 cm³/mol. The number of ether oxygens (including phenoxy) is 2. The Morgan fingerprint density at radius 3 is 2.18 bits per heavy atom. The predicted octanol–water partition coefficient (Wildman–Crippen LogP) is 5.60. The van der Waals surface area contributed by atoms with E-state index in [-0.39, 0.29) is 4.49 Å². The van der Waals surface area contributed by atoms with E-state index in [4.69, 9.17) is 42.5 Å². The number of benzene rings is 1. The van der Waals surface area contributed by atoms with Gasteiger partial charge in [0, 0.05) is 6.42 Å². The van der Waals surface area contributed by atoms with Gasteiger partial charge in [-0.25, -0.2) is 9.78 Å². The van der Waals surface area contributed by atoms with E-state index in [2.05, 4.69) is 13.8 Å². The van der Waals surface area contributed by atoms with Gasteiger partial charge >= 0.3 is 0 Å². The van der Waals surface area contributed by atoms with E-state index in [1.165, 1.54) is 0 Å². The second-order valence-corrected chi connectivity index (χ2v) is 7.10. The number of hydrogen-bond donors (Lipinski definition) is 0. The Bertz CT molecular complexity index is 575. The summed E-state index contributed by atoms with van der Waals surface area (Å²) in [6.45, 7) is 6.01. The maximum Gasteiger partial charge on any atom is 0.125 e. The van der Waals surface area contributed by atoms with Crippen LogP contribution in [0.25, 0.3) is 0 Å². The zero-order valence-corrected chi connectivity index (χ0v) is 18.2. The first kappa shape index (κ1) is 24.8. The third-order valence-electron chi connectivity index (χ3n) is 3.99. The summed E-state index contributed by atoms with van der Waals surface area (Å²) in [5.74, 6) is 1.75. The lowest BCUT2D eigenvalue weighted by Crippen LogP contribution is -2.05. The molecule has 0 heterocycles. The van der Waals surface area contributed by atoms with Crippen molar-refractivity contribution in [2.75, 3.05) is 26.4 Å². The number of aldehydes is 1. The lowest BCUT2D eigenvalue weighted by atomic mass is 10.0. The molecule has 7 heteroatoms. The topological polar surface area (TPSA) is 54.0 Å². The highest BCUT2D eigenvalue weighted by Crippen LogP contribution is 2.31. The first-order valence-corrected chi connectivity index (χ1v) is 10.5. The van der Waals surface area contributed by atoms with Gasteiger partial charge in [-0.2, -0.15) is 0 Å². The molecule has 0 aliphatic heterocycles. The molecule has 0 aliphatic rings. The average molecular weight is 433 g/mol. The molecule has 1 aromatic rings. The van der Waals surface area contributed by atoms with Crippen molar-refractivity contribution in [1.29, 1.82) is 0 Å². The first-order valence-electron chi connectivity index (χ1n) is 9.72. The Morgan fingerprint density at radius 2 is 1.57 bits per heavy atom. The molecule has 158 valence electrons. The lowest BCUT2D eigenvalue weighted by molar-refractivity contribution is -0.293. The molecule has 5 nitrogen and oxygen atoms in total. The smallest absolute Gasteiger partial charge is 0.125 e. The summed E-state index contributed by atoms with van der Waals surface area (Å²) < 4.78 is 12.0. The van der Waals surface area contributed by atoms with Gasteiger partial charge in [-0.05, 0) is 61.4 Å². The van der Waals surface area contributed by atoms with E-state index < -0.39 is 0 Å². The minimum absolute atomic E-state index is 0.198. The number of rotatable bonds is 16. The molecule has 0 amide bonds. The molecule has 0 aromatic heterocycles. The van der Waals surface area contributed by atoms with Crippen LogP contribution in [0.4, 0.5) is 0 Å². The number of hydrogen-bond acceptors (Lipinski definition) is 5. The summed E-state index contributed by atoms with van der Waals surface area (Å²) in [5.41, 5.74) is 2.25. The Labute approximate surface area is 177 Å². The van der Waals surface area contributed by atoms with Gasteiger partial charge in [0.2, 0.25) is 0 Å². The third kappa shape index (κ3) is 10.3. The monoisotopic (exact) mass is 432 g/mol. The van der Waals surface area contributed by atoms with Crippen LogP contribution in [0.1, 0.15) is 50.7 Å². The molecule has 0 atom stereocenters. The van der Waals surface area contributed by atoms with Crippen LogP contribution >= 0.6 is 23.2 Å². The fourth-order valence-corrected chi connectivity index (χ4v) is 2.67. The summed E-state index contributed by atoms with van der Waals surface area (Å²) in [6.07, 6.45) is 7.29. The van der Waals surface area contributed by atoms with Crippen molar-refractivity contribution in [2.24, 2.45) is 0 Å². The van der Waals surface area contributed by atoms with Crippen LogP contribution in [0.2, 0.25) is 0 Å². The van der Waals surface area contributed by atoms with Crippen LogP contribution in [-0.2, 0) is 27.4 Å². The van der Waals surface area contributed by atoms with Crippen molar-refractivity contribution >= 4 is 29.5 Å². The van der Waals surface area contributed by atoms with Gasteiger partial charge in [0.05, 0.1) is 19.8 Å². The van der Waals surface area contributed by atoms with Crippen molar-refractivity contribution in [1.82, 2.24) is 0 Å². The van der Waals surface area contributed by atoms with E-state index in [0.717, 1.165) is 61.0 Å². The van der Waals surface area contributed by atoms with Crippen LogP contribution < -0.4 is 9.47 Å². The average Bonchev–Trinajstić information content (AvgIpc) is 2.69. The number of aryl methyl sites for hydroxylation is 2. The SMILES string of the molecule is CCc1cc(OCC=C(Cl)Cl)cc(CC)c1OCCCCCOOCCC=O. The van der Waals surface area contributed by atoms with E-state index in [0.29, 0.717) is 32.8 Å². The quantitative estimate of drug-likeness (QED) is 0.147. The van der Waals surface area contributed by atoms with Crippen molar-refractivity contribution in [3.63, 3.8) is 0 Å². The molecule has 0 aliphatic carbocycles. The maximum atomic E-state index is 10.1. The lowest BCUT2D eigenvalue weighted by Gasteiger charge is -2.17. The summed E-state index contributed by atoms with van der Waals surface area (Å²) in [4.78, 5) is 20.0. The molecule has 1 aromatic carbocycles. The second-order valence-electron chi connectivity index (χ2n) is 6.09. The molecule has 1 rings (SSSR count). The molecule has 0 spiro atoms. The van der Waals surface area contributed by atoms with Gasteiger partial charge in [-0.3, -0.25) is 0 Å². The third-order valence-corrected chi connectivity index (χ3v) is 4.30. The van der Waals surface area contributed by atoms with Gasteiger partial charge < -0.3 is 14.3 Å². The molecule has 0 saturated heterocycles. The fraction of sp³-hybridized carbons (Fsp3) is 0.571. The minimum Gasteiger partial charge on any atom is -0.493 e. The zero-order chi connectivity index (χ0) is 20.6. The van der Waals surface area contributed by atoms with Gasteiger partial charge in [-0.15, -0.1) is 0 Å². The Balaban J connectivity index is 2.44. The van der Waals surface area contributed by atoms with E-state index in [1.807, 2.05) is 12.1 Å². The second kappa shape index (κ2) is 15.6. The molecule has 28 heavy (non-hydrogen) atoms. The fourth-order valence-electron chi connectivity index (χ4n) is 2.55. The zero-order valence-electron chi connectivity index (χ0n) is 16.7. The van der Waals surface area contributed by atoms with Gasteiger partial charge in [-0.1, -0.05) is 37.0 Å². The largest absolute Gasteiger partial charge is 0.493 e. The number of carbonyl (C=O) groups excluding carboxylic acids is 1. The molecule has 0 radical (unpaired) electrons. The standard InChI is InChI=1S/C21H30Cl2O5/c1-3-17-15-19(25-14-9-20(22)23)16-18(4-2)21(17)26-11-6-5-7-12-27-28-13-8-10-24/h9-10,15-16H,3-8,11-14H2,1-2H3. The summed E-state index contributed by atoms with van der Waals surface area (Å²) in [7, 11) is 0. The summed E-state index contributed by atoms with van der Waals surface area (Å²) in [5, 5.41) is 0. The van der Waals surface area contributed by atoms with Crippen LogP contribution in [-0.4, -0.2) is 32.7 Å². The highest BCUT2D eigenvalue weighted by Gasteiger charge is 2.11. The number of halogens is 2. The van der Waals surface area contributed by atoms with Gasteiger partial charge in [0.1, 0.15) is 28.9 Å². The highest BCUT2D eigenvalue weighted by atomic mass is 35.5. The summed E-state index contributed by atoms with van der Waals surface area (Å²) in [6, 6.07) is 4.02. The van der Waals surface area contributed by atoms with Crippen molar-refractivity contribution in [2.45, 2.75) is 52.4 Å². The van der Waals surface area contributed by atoms with Crippen molar-refractivity contribution < 1.29 is 24.0 Å². The normalized spacial score (nSPS) is 10.6. The first-order chi connectivity index (χ1) is 13.6. The molecule has 0 fully saturated rings. The number of carbonyl (C=O) groups is 1. The molecule has 0 bridgehead atoms. The van der Waals surface area contributed by atoms with Crippen molar-refractivity contribution in [3.8, 4) is 11.5 Å². The van der Waals surface area contributed by atoms with E-state index in [1.54, 1.807) is 6.08 Å². The minimum atomic E-state index is 0.198. The van der Waals surface area contributed by atoms with E-state index >= 15 is 0 Å². The van der Waals surface area contributed by atoms with E-state index in [9.17, 15) is 4.79 Å². The van der Waals surface area contributed by atoms with Gasteiger partial charge in [0.15, 0.2) is 0 Å². The van der Waals surface area contributed by atoms with Crippen LogP contribution in [0, 0.1) is 0 Å². The maximum absolute atomic E-state index is 10.1. The van der Waals surface area contributed by atoms with Crippen molar-refractivity contribution in [3.05, 3.63) is 33.8 Å². The molecular weight excluding hydrogens is 403 g/mol. The molecule has 0 saturated carbocycles. The molecule has 0 N–H and O–H groups in total. The summed E-state index contributed by atoms with van der Waals surface area (Å²) >= 11 is 11.2. The van der Waals surface area contributed by atoms with Crippen LogP contribution in [0.3, 0.4) is 0 Å². The Kier molecular flexibility index (Phi) is 13.8. The van der Waals surface area contributed by atoms with Gasteiger partial charge in [0.25, 0.3) is 0 Å². The van der Waals surface area contributed by atoms with Crippen LogP contribution in [0.5, 0.6) is 11.5 Å². The number of unbranched alkanes of at least 4 members (excludes halogenated alkanes) is 2. The highest BCUT2D eigenvalue weighted by molar-refractivity contribution is 6.55. The Morgan fingerprint density at radius 1 is 0.929 bits per heavy atom. The van der Waals surface area contributed by atoms with Crippen LogP contribution in [0.15, 0.2) is 22.7 Å². The Hall–Kier alpha value is -1.27. The molecule has 0 unspecified atom stereocenters. The molecular formula is C21H30Cl2O5.